The average Bonchev–Trinajstić information content (AvgIpc) is 2.67. The summed E-state index contributed by atoms with van der Waals surface area (Å²) in [6, 6.07) is 13.6. The zero-order valence-electron chi connectivity index (χ0n) is 18.9. The Hall–Kier alpha value is -1.95. The molecule has 3 nitrogen and oxygen atoms in total. The topological polar surface area (TPSA) is 38.3 Å². The molecule has 0 saturated heterocycles. The first-order valence-corrected chi connectivity index (χ1v) is 9.64. The number of aryl methyl sites for hydroxylation is 2. The van der Waals surface area contributed by atoms with E-state index in [0.717, 1.165) is 47.4 Å². The number of para-hydroxylation sites is 1. The third-order valence-electron chi connectivity index (χ3n) is 3.75. The summed E-state index contributed by atoms with van der Waals surface area (Å²) in [5.74, 6) is 0.840. The van der Waals surface area contributed by atoms with Crippen molar-refractivity contribution >= 4 is 11.6 Å². The number of carbonyl (C=O) groups excluding carboxylic acids is 1. The number of nitrogens with one attached hydrogen (secondary N) is 1. The SMILES string of the molecule is CC[CH-]C(=O)Nc1c(C)cccc1C.[CH2-]CCC[CH2-].[CH2-]c1cccc(OC)c1.[Li+]. The number of hydrogen-bond donors (Lipinski definition) is 1. The monoisotopic (exact) mass is 388 g/mol. The van der Waals surface area contributed by atoms with Crippen LogP contribution in [0.5, 0.6) is 5.75 Å². The van der Waals surface area contributed by atoms with Gasteiger partial charge in [0.1, 0.15) is 0 Å². The molecular formula is C25H35LiNO2-3. The van der Waals surface area contributed by atoms with E-state index in [-0.39, 0.29) is 24.8 Å². The van der Waals surface area contributed by atoms with Crippen LogP contribution in [-0.4, -0.2) is 13.0 Å². The normalized spacial score (nSPS) is 8.90. The van der Waals surface area contributed by atoms with Gasteiger partial charge in [-0.15, -0.1) is 18.6 Å². The van der Waals surface area contributed by atoms with Crippen LogP contribution in [0, 0.1) is 41.0 Å². The molecular weight excluding hydrogens is 353 g/mol. The fourth-order valence-corrected chi connectivity index (χ4v) is 2.22. The van der Waals surface area contributed by atoms with Gasteiger partial charge in [-0.3, -0.25) is 0 Å². The summed E-state index contributed by atoms with van der Waals surface area (Å²) in [5.41, 5.74) is 4.11. The van der Waals surface area contributed by atoms with Crippen LogP contribution in [0.3, 0.4) is 0 Å². The Bertz CT molecular complexity index is 664. The molecule has 0 heterocycles. The van der Waals surface area contributed by atoms with E-state index in [9.17, 15) is 4.79 Å². The number of anilines is 1. The van der Waals surface area contributed by atoms with Gasteiger partial charge in [-0.25, -0.2) is 0 Å². The molecule has 0 aromatic heterocycles. The van der Waals surface area contributed by atoms with Crippen LogP contribution in [-0.2, 0) is 4.79 Å². The van der Waals surface area contributed by atoms with Gasteiger partial charge in [-0.2, -0.15) is 37.8 Å². The Morgan fingerprint density at radius 3 is 2.00 bits per heavy atom. The number of unbranched alkanes of at least 4 members (excludes halogenated alkanes) is 2. The zero-order valence-corrected chi connectivity index (χ0v) is 18.9. The predicted octanol–water partition coefficient (Wildman–Crippen LogP) is 3.56. The maximum absolute atomic E-state index is 11.4. The van der Waals surface area contributed by atoms with E-state index >= 15 is 0 Å². The van der Waals surface area contributed by atoms with Crippen LogP contribution >= 0.6 is 0 Å². The number of amides is 1. The van der Waals surface area contributed by atoms with E-state index in [1.54, 1.807) is 13.5 Å². The Kier molecular flexibility index (Phi) is 18.3. The van der Waals surface area contributed by atoms with Crippen molar-refractivity contribution in [2.24, 2.45) is 0 Å². The first kappa shape index (κ1) is 29.3. The molecule has 0 saturated carbocycles. The van der Waals surface area contributed by atoms with Crippen LogP contribution in [0.25, 0.3) is 0 Å². The number of methoxy groups -OCH3 is 1. The Balaban J connectivity index is 0. The van der Waals surface area contributed by atoms with E-state index in [1.807, 2.05) is 63.2 Å². The summed E-state index contributed by atoms with van der Waals surface area (Å²) in [7, 11) is 1.65. The molecule has 0 aliphatic rings. The smallest absolute Gasteiger partial charge is 0.510 e. The Morgan fingerprint density at radius 1 is 1.07 bits per heavy atom. The molecule has 2 aromatic carbocycles. The van der Waals surface area contributed by atoms with E-state index < -0.39 is 0 Å². The number of rotatable bonds is 6. The molecule has 2 rings (SSSR count). The summed E-state index contributed by atoms with van der Waals surface area (Å²) >= 11 is 0. The third-order valence-corrected chi connectivity index (χ3v) is 3.75. The number of carbonyl (C=O) groups is 1. The van der Waals surface area contributed by atoms with Gasteiger partial charge in [0.05, 0.1) is 18.8 Å². The Labute approximate surface area is 190 Å². The van der Waals surface area contributed by atoms with E-state index in [0.29, 0.717) is 0 Å². The van der Waals surface area contributed by atoms with Gasteiger partial charge in [-0.1, -0.05) is 25.1 Å². The van der Waals surface area contributed by atoms with E-state index in [4.69, 9.17) is 4.74 Å². The fraction of sp³-hybridized carbons (Fsp3) is 0.320. The average molecular weight is 389 g/mol. The molecule has 0 unspecified atom stereocenters. The minimum Gasteiger partial charge on any atom is -0.510 e. The molecule has 0 aliphatic heterocycles. The molecule has 0 atom stereocenters. The summed E-state index contributed by atoms with van der Waals surface area (Å²) in [6.45, 7) is 17.0. The van der Waals surface area contributed by atoms with Gasteiger partial charge in [0, 0.05) is 5.69 Å². The maximum Gasteiger partial charge on any atom is 1.00 e. The van der Waals surface area contributed by atoms with Crippen molar-refractivity contribution in [2.45, 2.75) is 46.5 Å². The first-order valence-electron chi connectivity index (χ1n) is 9.64. The molecule has 0 fully saturated rings. The van der Waals surface area contributed by atoms with Crippen LogP contribution in [0.15, 0.2) is 42.5 Å². The predicted molar refractivity (Wildman–Crippen MR) is 121 cm³/mol. The molecule has 1 N–H and O–H groups in total. The largest absolute Gasteiger partial charge is 1.00 e. The maximum atomic E-state index is 11.4. The minimum absolute atomic E-state index is 0. The Morgan fingerprint density at radius 2 is 1.62 bits per heavy atom. The quantitative estimate of drug-likeness (QED) is 0.607. The molecule has 0 spiro atoms. The molecule has 0 aliphatic carbocycles. The van der Waals surface area contributed by atoms with Gasteiger partial charge < -0.3 is 35.1 Å². The molecule has 0 radical (unpaired) electrons. The molecule has 156 valence electrons. The van der Waals surface area contributed by atoms with Gasteiger partial charge in [0.25, 0.3) is 0 Å². The van der Waals surface area contributed by atoms with Crippen molar-refractivity contribution in [1.29, 1.82) is 0 Å². The van der Waals surface area contributed by atoms with Crippen LogP contribution < -0.4 is 28.9 Å². The fourth-order valence-electron chi connectivity index (χ4n) is 2.22. The van der Waals surface area contributed by atoms with Crippen LogP contribution in [0.1, 0.15) is 49.3 Å². The van der Waals surface area contributed by atoms with Gasteiger partial charge in [0.15, 0.2) is 0 Å². The van der Waals surface area contributed by atoms with Gasteiger partial charge >= 0.3 is 18.9 Å². The van der Waals surface area contributed by atoms with Crippen molar-refractivity contribution in [3.63, 3.8) is 0 Å². The second-order valence-corrected chi connectivity index (χ2v) is 6.28. The molecule has 1 amide bonds. The summed E-state index contributed by atoms with van der Waals surface area (Å²) in [5, 5.41) is 2.88. The third kappa shape index (κ3) is 13.8. The molecule has 4 heteroatoms. The molecule has 0 bridgehead atoms. The molecule has 29 heavy (non-hydrogen) atoms. The number of benzene rings is 2. The number of ether oxygens (including phenoxy) is 1. The van der Waals surface area contributed by atoms with Crippen LogP contribution in [0.4, 0.5) is 5.69 Å². The van der Waals surface area contributed by atoms with Crippen molar-refractivity contribution in [2.75, 3.05) is 12.4 Å². The molecule has 2 aromatic rings. The summed E-state index contributed by atoms with van der Waals surface area (Å²) < 4.78 is 4.96. The van der Waals surface area contributed by atoms with Crippen molar-refractivity contribution in [3.05, 3.63) is 86.3 Å². The zero-order chi connectivity index (χ0) is 21.4. The second kappa shape index (κ2) is 18.1. The summed E-state index contributed by atoms with van der Waals surface area (Å²) in [6.07, 6.45) is 5.63. The van der Waals surface area contributed by atoms with E-state index in [1.165, 1.54) is 6.42 Å². The summed E-state index contributed by atoms with van der Waals surface area (Å²) in [4.78, 5) is 11.4. The van der Waals surface area contributed by atoms with Crippen molar-refractivity contribution < 1.29 is 28.4 Å². The standard InChI is InChI=1S/C12H16NO.C8H9O.C5H10.Li/c1-4-6-11(14)13-12-9(2)7-5-8-10(12)3;1-7-4-3-5-8(6-7)9-2;1-3-5-4-2;/h5-8H,4H2,1-3H3,(H,13,14);3-6H,1H2,2H3;1-5H2;/q2*-1;-2;+1. The van der Waals surface area contributed by atoms with Gasteiger partial charge in [-0.05, 0) is 31.0 Å². The van der Waals surface area contributed by atoms with E-state index in [2.05, 4.69) is 26.1 Å². The number of hydrogen-bond acceptors (Lipinski definition) is 2. The van der Waals surface area contributed by atoms with Crippen LogP contribution in [0.2, 0.25) is 0 Å². The van der Waals surface area contributed by atoms with Crippen molar-refractivity contribution in [3.8, 4) is 5.75 Å². The minimum atomic E-state index is -0.0232. The first-order chi connectivity index (χ1) is 13.4. The second-order valence-electron chi connectivity index (χ2n) is 6.28. The van der Waals surface area contributed by atoms with Gasteiger partial charge in [0.2, 0.25) is 0 Å². The van der Waals surface area contributed by atoms with Crippen molar-refractivity contribution in [1.82, 2.24) is 0 Å².